The number of hydrogen-bond donors (Lipinski definition) is 1. The first kappa shape index (κ1) is 24.9. The highest BCUT2D eigenvalue weighted by Gasteiger charge is 2.33. The minimum atomic E-state index is -3.59. The van der Waals surface area contributed by atoms with Crippen LogP contribution in [0.5, 0.6) is 5.75 Å². The third kappa shape index (κ3) is 5.41. The molecule has 0 unspecified atom stereocenters. The molecule has 1 aliphatic heterocycles. The smallest absolute Gasteiger partial charge is 0.243 e. The Balaban J connectivity index is 1.32. The lowest BCUT2D eigenvalue weighted by Crippen LogP contribution is -2.43. The summed E-state index contributed by atoms with van der Waals surface area (Å²) in [6.07, 6.45) is 2.84. The summed E-state index contributed by atoms with van der Waals surface area (Å²) in [6.45, 7) is 6.62. The lowest BCUT2D eigenvalue weighted by atomic mass is 9.97. The molecule has 4 rings (SSSR count). The van der Waals surface area contributed by atoms with Gasteiger partial charge in [-0.25, -0.2) is 13.1 Å². The van der Waals surface area contributed by atoms with E-state index in [-0.39, 0.29) is 11.8 Å². The summed E-state index contributed by atoms with van der Waals surface area (Å²) >= 11 is 0. The molecule has 0 spiro atoms. The van der Waals surface area contributed by atoms with E-state index in [1.165, 1.54) is 4.31 Å². The first-order valence-electron chi connectivity index (χ1n) is 11.7. The molecule has 2 heterocycles. The van der Waals surface area contributed by atoms with E-state index in [2.05, 4.69) is 10.4 Å². The van der Waals surface area contributed by atoms with Crippen LogP contribution in [0.4, 0.5) is 0 Å². The Kier molecular flexibility index (Phi) is 7.28. The predicted molar refractivity (Wildman–Crippen MR) is 134 cm³/mol. The normalized spacial score (nSPS) is 15.2. The zero-order valence-electron chi connectivity index (χ0n) is 20.6. The summed E-state index contributed by atoms with van der Waals surface area (Å²) in [6, 6.07) is 13.2. The van der Waals surface area contributed by atoms with E-state index in [9.17, 15) is 13.2 Å². The fourth-order valence-corrected chi connectivity index (χ4v) is 6.60. The summed E-state index contributed by atoms with van der Waals surface area (Å²) < 4.78 is 35.0. The SMILES string of the molecule is COc1ccc(-n2ccc(CNC(=O)C3CCN(S(=O)(=O)c4c(C)cc(C)cc4C)CC3)n2)cc1. The number of aromatic nitrogens is 2. The number of amides is 1. The fourth-order valence-electron chi connectivity index (χ4n) is 4.72. The number of aryl methyl sites for hydroxylation is 3. The number of rotatable bonds is 7. The zero-order valence-corrected chi connectivity index (χ0v) is 21.4. The van der Waals surface area contributed by atoms with E-state index >= 15 is 0 Å². The van der Waals surface area contributed by atoms with Crippen molar-refractivity contribution >= 4 is 15.9 Å². The van der Waals surface area contributed by atoms with E-state index < -0.39 is 10.0 Å². The number of benzene rings is 2. The van der Waals surface area contributed by atoms with Crippen molar-refractivity contribution in [2.75, 3.05) is 20.2 Å². The van der Waals surface area contributed by atoms with E-state index in [1.807, 2.05) is 69.4 Å². The molecule has 1 saturated heterocycles. The van der Waals surface area contributed by atoms with Gasteiger partial charge in [0.25, 0.3) is 0 Å². The Bertz CT molecular complexity index is 1280. The van der Waals surface area contributed by atoms with Crippen molar-refractivity contribution in [2.45, 2.75) is 45.1 Å². The van der Waals surface area contributed by atoms with Crippen molar-refractivity contribution in [1.29, 1.82) is 0 Å². The molecule has 0 radical (unpaired) electrons. The molecule has 2 aromatic carbocycles. The van der Waals surface area contributed by atoms with Gasteiger partial charge in [0.1, 0.15) is 5.75 Å². The minimum absolute atomic E-state index is 0.0660. The van der Waals surface area contributed by atoms with Crippen LogP contribution in [0.25, 0.3) is 5.69 Å². The number of nitrogens with one attached hydrogen (secondary N) is 1. The summed E-state index contributed by atoms with van der Waals surface area (Å²) in [7, 11) is -1.97. The molecule has 1 N–H and O–H groups in total. The molecule has 0 atom stereocenters. The number of ether oxygens (including phenoxy) is 1. The van der Waals surface area contributed by atoms with Gasteiger partial charge in [0.2, 0.25) is 15.9 Å². The maximum absolute atomic E-state index is 13.3. The summed E-state index contributed by atoms with van der Waals surface area (Å²) in [5.41, 5.74) is 4.21. The highest BCUT2D eigenvalue weighted by molar-refractivity contribution is 7.89. The predicted octanol–water partition coefficient (Wildman–Crippen LogP) is 3.52. The number of methoxy groups -OCH3 is 1. The Morgan fingerprint density at radius 3 is 2.29 bits per heavy atom. The van der Waals surface area contributed by atoms with Crippen LogP contribution in [0.3, 0.4) is 0 Å². The maximum Gasteiger partial charge on any atom is 0.243 e. The van der Waals surface area contributed by atoms with Crippen LogP contribution < -0.4 is 10.1 Å². The van der Waals surface area contributed by atoms with Gasteiger partial charge in [-0.3, -0.25) is 4.79 Å². The second-order valence-electron chi connectivity index (χ2n) is 9.07. The number of sulfonamides is 1. The van der Waals surface area contributed by atoms with Gasteiger partial charge in [0, 0.05) is 25.2 Å². The number of carbonyl (C=O) groups is 1. The molecule has 0 aliphatic carbocycles. The number of piperidine rings is 1. The Morgan fingerprint density at radius 1 is 1.06 bits per heavy atom. The van der Waals surface area contributed by atoms with Gasteiger partial charge < -0.3 is 10.1 Å². The quantitative estimate of drug-likeness (QED) is 0.540. The zero-order chi connectivity index (χ0) is 25.2. The Morgan fingerprint density at radius 2 is 1.69 bits per heavy atom. The number of nitrogens with zero attached hydrogens (tertiary/aromatic N) is 3. The lowest BCUT2D eigenvalue weighted by Gasteiger charge is -2.31. The molecule has 3 aromatic rings. The molecular weight excluding hydrogens is 464 g/mol. The second kappa shape index (κ2) is 10.2. The summed E-state index contributed by atoms with van der Waals surface area (Å²) in [5.74, 6) is 0.491. The molecule has 1 amide bonds. The summed E-state index contributed by atoms with van der Waals surface area (Å²) in [4.78, 5) is 13.2. The third-order valence-corrected chi connectivity index (χ3v) is 8.66. The average molecular weight is 497 g/mol. The summed E-state index contributed by atoms with van der Waals surface area (Å²) in [5, 5.41) is 7.49. The monoisotopic (exact) mass is 496 g/mol. The van der Waals surface area contributed by atoms with Gasteiger partial charge in [-0.15, -0.1) is 0 Å². The van der Waals surface area contributed by atoms with Crippen LogP contribution in [0.15, 0.2) is 53.6 Å². The van der Waals surface area contributed by atoms with Crippen molar-refractivity contribution in [2.24, 2.45) is 5.92 Å². The first-order chi connectivity index (χ1) is 16.7. The molecule has 1 aliphatic rings. The van der Waals surface area contributed by atoms with Crippen LogP contribution >= 0.6 is 0 Å². The Labute approximate surface area is 207 Å². The first-order valence-corrected chi connectivity index (χ1v) is 13.2. The van der Waals surface area contributed by atoms with Gasteiger partial charge in [-0.05, 0) is 75.1 Å². The van der Waals surface area contributed by atoms with Gasteiger partial charge in [0.15, 0.2) is 0 Å². The molecule has 0 bridgehead atoms. The van der Waals surface area contributed by atoms with Crippen molar-refractivity contribution < 1.29 is 17.9 Å². The molecule has 1 fully saturated rings. The van der Waals surface area contributed by atoms with Gasteiger partial charge in [-0.1, -0.05) is 17.7 Å². The lowest BCUT2D eigenvalue weighted by molar-refractivity contribution is -0.126. The van der Waals surface area contributed by atoms with Crippen molar-refractivity contribution in [3.8, 4) is 11.4 Å². The Hall–Kier alpha value is -3.17. The molecule has 9 heteroatoms. The van der Waals surface area contributed by atoms with Gasteiger partial charge >= 0.3 is 0 Å². The van der Waals surface area contributed by atoms with E-state index in [1.54, 1.807) is 11.8 Å². The largest absolute Gasteiger partial charge is 0.497 e. The highest BCUT2D eigenvalue weighted by atomic mass is 32.2. The van der Waals surface area contributed by atoms with Crippen molar-refractivity contribution in [3.05, 3.63) is 71.0 Å². The van der Waals surface area contributed by atoms with E-state index in [0.717, 1.165) is 33.8 Å². The standard InChI is InChI=1S/C26H32N4O4S/c1-18-15-19(2)25(20(3)16-18)35(32,33)29-12-9-21(10-13-29)26(31)27-17-22-11-14-30(28-22)23-5-7-24(34-4)8-6-23/h5-8,11,14-16,21H,9-10,12-13,17H2,1-4H3,(H,27,31). The van der Waals surface area contributed by atoms with Crippen molar-refractivity contribution in [1.82, 2.24) is 19.4 Å². The molecule has 1 aromatic heterocycles. The van der Waals surface area contributed by atoms with Crippen LogP contribution in [0.1, 0.15) is 35.2 Å². The van der Waals surface area contributed by atoms with Crippen LogP contribution in [0.2, 0.25) is 0 Å². The van der Waals surface area contributed by atoms with Gasteiger partial charge in [-0.2, -0.15) is 9.40 Å². The van der Waals surface area contributed by atoms with E-state index in [0.29, 0.717) is 37.4 Å². The van der Waals surface area contributed by atoms with Crippen molar-refractivity contribution in [3.63, 3.8) is 0 Å². The molecule has 35 heavy (non-hydrogen) atoms. The van der Waals surface area contributed by atoms with Crippen LogP contribution in [-0.2, 0) is 21.4 Å². The molecular formula is C26H32N4O4S. The maximum atomic E-state index is 13.3. The fraction of sp³-hybridized carbons (Fsp3) is 0.385. The topological polar surface area (TPSA) is 93.5 Å². The number of carbonyl (C=O) groups excluding carboxylic acids is 1. The highest BCUT2D eigenvalue weighted by Crippen LogP contribution is 2.29. The van der Waals surface area contributed by atoms with E-state index in [4.69, 9.17) is 4.74 Å². The minimum Gasteiger partial charge on any atom is -0.497 e. The third-order valence-electron chi connectivity index (χ3n) is 6.45. The average Bonchev–Trinajstić information content (AvgIpc) is 3.31. The van der Waals surface area contributed by atoms with Crippen LogP contribution in [-0.4, -0.2) is 48.6 Å². The molecule has 186 valence electrons. The van der Waals surface area contributed by atoms with Gasteiger partial charge in [0.05, 0.1) is 29.9 Å². The van der Waals surface area contributed by atoms with Crippen LogP contribution in [0, 0.1) is 26.7 Å². The number of hydrogen-bond acceptors (Lipinski definition) is 5. The second-order valence-corrected chi connectivity index (χ2v) is 10.9. The molecule has 0 saturated carbocycles. The molecule has 8 nitrogen and oxygen atoms in total.